The number of nitrogen functional groups attached to an aromatic ring is 1. The maximum Gasteiger partial charge on any atom is 0.282 e. The van der Waals surface area contributed by atoms with Crippen LogP contribution < -0.4 is 11.3 Å². The first kappa shape index (κ1) is 15.2. The molecule has 1 aromatic rings. The minimum atomic E-state index is -0.529. The summed E-state index contributed by atoms with van der Waals surface area (Å²) in [5.74, 6) is 5.05. The number of nitrogens with two attached hydrogens (primary N) is 1. The Morgan fingerprint density at radius 3 is 2.90 bits per heavy atom. The largest absolute Gasteiger partial charge is 0.335 e. The lowest BCUT2D eigenvalue weighted by molar-refractivity contribution is -0.385. The fourth-order valence-corrected chi connectivity index (χ4v) is 2.80. The second kappa shape index (κ2) is 6.53. The molecule has 1 amide bonds. The molecule has 1 aliphatic rings. The Morgan fingerprint density at radius 1 is 1.52 bits per heavy atom. The quantitative estimate of drug-likeness (QED) is 0.503. The average Bonchev–Trinajstić information content (AvgIpc) is 2.53. The van der Waals surface area contributed by atoms with Gasteiger partial charge in [-0.2, -0.15) is 0 Å². The molecule has 0 spiro atoms. The number of hydrogen-bond acceptors (Lipinski definition) is 5. The summed E-state index contributed by atoms with van der Waals surface area (Å²) in [5.41, 5.74) is 2.82. The third-order valence-corrected chi connectivity index (χ3v) is 3.95. The van der Waals surface area contributed by atoms with E-state index in [9.17, 15) is 14.9 Å². The highest BCUT2D eigenvalue weighted by atomic mass is 16.6. The second-order valence-electron chi connectivity index (χ2n) is 5.19. The van der Waals surface area contributed by atoms with Gasteiger partial charge in [-0.3, -0.25) is 20.8 Å². The zero-order valence-corrected chi connectivity index (χ0v) is 12.0. The number of amides is 1. The minimum absolute atomic E-state index is 0.0933. The molecule has 1 saturated heterocycles. The lowest BCUT2D eigenvalue weighted by Crippen LogP contribution is -2.43. The molecule has 1 aliphatic heterocycles. The molecule has 7 heteroatoms. The van der Waals surface area contributed by atoms with E-state index in [2.05, 4.69) is 5.43 Å². The summed E-state index contributed by atoms with van der Waals surface area (Å²) >= 11 is 0. The number of carbonyl (C=O) groups is 1. The number of nitrogens with one attached hydrogen (secondary N) is 1. The molecule has 0 aromatic heterocycles. The number of piperidine rings is 1. The number of nitrogens with zero attached hydrogens (tertiary/aromatic N) is 2. The maximum atomic E-state index is 12.7. The molecule has 1 unspecified atom stereocenters. The molecule has 114 valence electrons. The summed E-state index contributed by atoms with van der Waals surface area (Å²) in [6, 6.07) is 4.40. The zero-order chi connectivity index (χ0) is 15.4. The number of nitro benzene ring substituents is 1. The summed E-state index contributed by atoms with van der Waals surface area (Å²) in [6.07, 6.45) is 3.83. The molecule has 3 N–H and O–H groups in total. The Kier molecular flexibility index (Phi) is 4.74. The van der Waals surface area contributed by atoms with E-state index in [1.807, 2.05) is 6.92 Å². The van der Waals surface area contributed by atoms with Crippen LogP contribution in [0.3, 0.4) is 0 Å². The lowest BCUT2D eigenvalue weighted by atomic mass is 9.98. The highest BCUT2D eigenvalue weighted by Crippen LogP contribution is 2.27. The van der Waals surface area contributed by atoms with Crippen molar-refractivity contribution in [1.29, 1.82) is 0 Å². The van der Waals surface area contributed by atoms with Crippen LogP contribution in [0.5, 0.6) is 0 Å². The molecule has 7 nitrogen and oxygen atoms in total. The summed E-state index contributed by atoms with van der Waals surface area (Å²) in [5, 5.41) is 11.1. The van der Waals surface area contributed by atoms with Gasteiger partial charge in [0.1, 0.15) is 5.56 Å². The summed E-state index contributed by atoms with van der Waals surface area (Å²) < 4.78 is 0. The number of nitro groups is 1. The number of hydrazine groups is 1. The highest BCUT2D eigenvalue weighted by molar-refractivity contribution is 5.99. The number of hydrogen-bond donors (Lipinski definition) is 2. The molecule has 0 saturated carbocycles. The molecule has 0 radical (unpaired) electrons. The summed E-state index contributed by atoms with van der Waals surface area (Å²) in [4.78, 5) is 25.1. The van der Waals surface area contributed by atoms with Crippen LogP contribution in [0, 0.1) is 10.1 Å². The monoisotopic (exact) mass is 292 g/mol. The van der Waals surface area contributed by atoms with Crippen LogP contribution in [0.1, 0.15) is 43.0 Å². The molecule has 1 heterocycles. The molecule has 2 rings (SSSR count). The maximum absolute atomic E-state index is 12.7. The topological polar surface area (TPSA) is 102 Å². The van der Waals surface area contributed by atoms with Gasteiger partial charge in [0, 0.05) is 24.3 Å². The Morgan fingerprint density at radius 2 is 2.29 bits per heavy atom. The van der Waals surface area contributed by atoms with Crippen LogP contribution in [-0.2, 0) is 0 Å². The van der Waals surface area contributed by atoms with Gasteiger partial charge >= 0.3 is 0 Å². The molecular weight excluding hydrogens is 272 g/mol. The van der Waals surface area contributed by atoms with Crippen molar-refractivity contribution in [3.8, 4) is 0 Å². The molecule has 1 aromatic carbocycles. The van der Waals surface area contributed by atoms with Crippen LogP contribution in [0.2, 0.25) is 0 Å². The second-order valence-corrected chi connectivity index (χ2v) is 5.19. The first-order valence-corrected chi connectivity index (χ1v) is 7.14. The highest BCUT2D eigenvalue weighted by Gasteiger charge is 2.30. The van der Waals surface area contributed by atoms with Gasteiger partial charge in [0.2, 0.25) is 0 Å². The van der Waals surface area contributed by atoms with E-state index in [0.717, 1.165) is 25.7 Å². The SMILES string of the molecule is CCC1CCCCN1C(=O)c1cc(NN)ccc1[N+](=O)[O-]. The fraction of sp³-hybridized carbons (Fsp3) is 0.500. The Balaban J connectivity index is 2.38. The third kappa shape index (κ3) is 3.13. The predicted octanol–water partition coefficient (Wildman–Crippen LogP) is 2.29. The standard InChI is InChI=1S/C14H20N4O3/c1-2-11-5-3-4-8-17(11)14(19)12-9-10(16-15)6-7-13(12)18(20)21/h6-7,9,11,16H,2-5,8,15H2,1H3. The van der Waals surface area contributed by atoms with E-state index in [-0.39, 0.29) is 23.2 Å². The van der Waals surface area contributed by atoms with E-state index >= 15 is 0 Å². The number of likely N-dealkylation sites (tertiary alicyclic amines) is 1. The van der Waals surface area contributed by atoms with Gasteiger partial charge in [-0.25, -0.2) is 0 Å². The Labute approximate surface area is 123 Å². The van der Waals surface area contributed by atoms with Gasteiger partial charge < -0.3 is 10.3 Å². The van der Waals surface area contributed by atoms with Crippen molar-refractivity contribution in [3.63, 3.8) is 0 Å². The first-order valence-electron chi connectivity index (χ1n) is 7.14. The van der Waals surface area contributed by atoms with Crippen molar-refractivity contribution >= 4 is 17.3 Å². The van der Waals surface area contributed by atoms with Crippen LogP contribution in [0.15, 0.2) is 18.2 Å². The van der Waals surface area contributed by atoms with E-state index in [0.29, 0.717) is 12.2 Å². The number of benzene rings is 1. The van der Waals surface area contributed by atoms with Gasteiger partial charge in [-0.1, -0.05) is 6.92 Å². The molecule has 0 bridgehead atoms. The molecule has 21 heavy (non-hydrogen) atoms. The molecule has 1 atom stereocenters. The fourth-order valence-electron chi connectivity index (χ4n) is 2.80. The van der Waals surface area contributed by atoms with Crippen molar-refractivity contribution in [3.05, 3.63) is 33.9 Å². The molecule has 0 aliphatic carbocycles. The smallest absolute Gasteiger partial charge is 0.282 e. The summed E-state index contributed by atoms with van der Waals surface area (Å²) in [6.45, 7) is 2.68. The minimum Gasteiger partial charge on any atom is -0.335 e. The van der Waals surface area contributed by atoms with Crippen molar-refractivity contribution in [2.45, 2.75) is 38.6 Å². The van der Waals surface area contributed by atoms with E-state index < -0.39 is 4.92 Å². The van der Waals surface area contributed by atoms with Gasteiger partial charge in [-0.15, -0.1) is 0 Å². The van der Waals surface area contributed by atoms with Crippen LogP contribution >= 0.6 is 0 Å². The number of anilines is 1. The average molecular weight is 292 g/mol. The molecular formula is C14H20N4O3. The molecule has 1 fully saturated rings. The summed E-state index contributed by atoms with van der Waals surface area (Å²) in [7, 11) is 0. The van der Waals surface area contributed by atoms with Gasteiger partial charge in [0.15, 0.2) is 0 Å². The van der Waals surface area contributed by atoms with E-state index in [1.165, 1.54) is 18.2 Å². The van der Waals surface area contributed by atoms with Gasteiger partial charge in [0.25, 0.3) is 11.6 Å². The van der Waals surface area contributed by atoms with Crippen molar-refractivity contribution in [2.24, 2.45) is 5.84 Å². The normalized spacial score (nSPS) is 18.4. The van der Waals surface area contributed by atoms with Crippen molar-refractivity contribution in [1.82, 2.24) is 4.90 Å². The van der Waals surface area contributed by atoms with Gasteiger partial charge in [-0.05, 0) is 37.8 Å². The Bertz CT molecular complexity index is 547. The Hall–Kier alpha value is -2.15. The van der Waals surface area contributed by atoms with Crippen LogP contribution in [0.25, 0.3) is 0 Å². The number of carbonyl (C=O) groups excluding carboxylic acids is 1. The number of rotatable bonds is 4. The van der Waals surface area contributed by atoms with Crippen molar-refractivity contribution in [2.75, 3.05) is 12.0 Å². The van der Waals surface area contributed by atoms with Crippen LogP contribution in [0.4, 0.5) is 11.4 Å². The van der Waals surface area contributed by atoms with Crippen molar-refractivity contribution < 1.29 is 9.72 Å². The van der Waals surface area contributed by atoms with E-state index in [1.54, 1.807) is 4.90 Å². The predicted molar refractivity (Wildman–Crippen MR) is 79.9 cm³/mol. The lowest BCUT2D eigenvalue weighted by Gasteiger charge is -2.35. The van der Waals surface area contributed by atoms with Crippen LogP contribution in [-0.4, -0.2) is 28.3 Å². The first-order chi connectivity index (χ1) is 10.1. The van der Waals surface area contributed by atoms with Gasteiger partial charge in [0.05, 0.1) is 4.92 Å². The zero-order valence-electron chi connectivity index (χ0n) is 12.0. The van der Waals surface area contributed by atoms with E-state index in [4.69, 9.17) is 5.84 Å². The third-order valence-electron chi connectivity index (χ3n) is 3.95.